The van der Waals surface area contributed by atoms with Crippen LogP contribution in [0.25, 0.3) is 0 Å². The van der Waals surface area contributed by atoms with Gasteiger partial charge in [0.2, 0.25) is 0 Å². The van der Waals surface area contributed by atoms with Crippen molar-refractivity contribution in [3.8, 4) is 0 Å². The smallest absolute Gasteiger partial charge is 0.128 e. The molecule has 0 rings (SSSR count). The topological polar surface area (TPSA) is 17.1 Å². The van der Waals surface area contributed by atoms with Crippen LogP contribution in [0, 0.1) is 5.92 Å². The quantitative estimate of drug-likeness (QED) is 0.402. The average molecular weight is 130 g/mol. The average Bonchev–Trinajstić information content (AvgIpc) is 1.62. The minimum absolute atomic E-state index is 0.185. The molecule has 0 heterocycles. The first-order chi connectivity index (χ1) is 3.95. The molecule has 54 valence electrons. The molecule has 0 saturated heterocycles. The molecule has 0 bridgehead atoms. The van der Waals surface area contributed by atoms with Gasteiger partial charge in [0.25, 0.3) is 0 Å². The fourth-order valence-electron chi connectivity index (χ4n) is 0.907. The van der Waals surface area contributed by atoms with Crippen molar-refractivity contribution in [1.82, 2.24) is 0 Å². The summed E-state index contributed by atoms with van der Waals surface area (Å²) in [5, 5.41) is 0. The Hall–Kier alpha value is -0.370. The lowest BCUT2D eigenvalue weighted by molar-refractivity contribution is -0.872. The molecule has 2 heteroatoms. The maximum absolute atomic E-state index is 10.2. The van der Waals surface area contributed by atoms with Crippen molar-refractivity contribution >= 4 is 6.29 Å². The molecule has 2 nitrogen and oxygen atoms in total. The molecule has 0 N–H and O–H groups in total. The van der Waals surface area contributed by atoms with E-state index in [1.807, 2.05) is 6.92 Å². The van der Waals surface area contributed by atoms with Crippen LogP contribution in [0.4, 0.5) is 0 Å². The molecule has 0 radical (unpaired) electrons. The van der Waals surface area contributed by atoms with E-state index in [4.69, 9.17) is 0 Å². The number of hydrogen-bond donors (Lipinski definition) is 0. The number of carbonyl (C=O) groups is 1. The molecule has 0 aliphatic rings. The summed E-state index contributed by atoms with van der Waals surface area (Å²) in [6, 6.07) is 0. The zero-order valence-corrected chi connectivity index (χ0v) is 6.72. The third-order valence-corrected chi connectivity index (χ3v) is 1.07. The van der Waals surface area contributed by atoms with Gasteiger partial charge >= 0.3 is 0 Å². The molecule has 0 amide bonds. The Balaban J connectivity index is 3.59. The van der Waals surface area contributed by atoms with Crippen LogP contribution in [0.15, 0.2) is 0 Å². The molecule has 0 aromatic heterocycles. The second kappa shape index (κ2) is 2.97. The minimum Gasteiger partial charge on any atom is -0.330 e. The van der Waals surface area contributed by atoms with E-state index in [1.54, 1.807) is 0 Å². The molecule has 0 saturated carbocycles. The molecule has 9 heavy (non-hydrogen) atoms. The van der Waals surface area contributed by atoms with Crippen LogP contribution >= 0.6 is 0 Å². The lowest BCUT2D eigenvalue weighted by Gasteiger charge is -2.25. The van der Waals surface area contributed by atoms with Crippen LogP contribution in [0.2, 0.25) is 0 Å². The third-order valence-electron chi connectivity index (χ3n) is 1.07. The van der Waals surface area contributed by atoms with Crippen LogP contribution in [0.5, 0.6) is 0 Å². The van der Waals surface area contributed by atoms with E-state index in [1.165, 1.54) is 0 Å². The highest BCUT2D eigenvalue weighted by Gasteiger charge is 2.11. The second-order valence-corrected chi connectivity index (χ2v) is 3.59. The highest BCUT2D eigenvalue weighted by atomic mass is 16.1. The molecule has 0 aliphatic carbocycles. The monoisotopic (exact) mass is 130 g/mol. The lowest BCUT2D eigenvalue weighted by atomic mass is 10.2. The Morgan fingerprint density at radius 3 is 2.00 bits per heavy atom. The summed E-state index contributed by atoms with van der Waals surface area (Å²) in [4.78, 5) is 10.2. The van der Waals surface area contributed by atoms with E-state index in [-0.39, 0.29) is 5.92 Å². The van der Waals surface area contributed by atoms with Crippen molar-refractivity contribution in [2.24, 2.45) is 5.92 Å². The van der Waals surface area contributed by atoms with Crippen molar-refractivity contribution in [3.05, 3.63) is 0 Å². The standard InChI is InChI=1S/C7H16NO/c1-7(6-9)5-8(2,3)4/h6-7H,5H2,1-4H3/q+1. The predicted molar refractivity (Wildman–Crippen MR) is 38.1 cm³/mol. The molecule has 0 fully saturated rings. The first kappa shape index (κ1) is 8.63. The molecule has 0 aromatic rings. The molecule has 1 unspecified atom stereocenters. The van der Waals surface area contributed by atoms with Crippen LogP contribution in [0.3, 0.4) is 0 Å². The molecule has 0 aliphatic heterocycles. The highest BCUT2D eigenvalue weighted by Crippen LogP contribution is 1.97. The number of aldehydes is 1. The summed E-state index contributed by atoms with van der Waals surface area (Å²) >= 11 is 0. The fraction of sp³-hybridized carbons (Fsp3) is 0.857. The largest absolute Gasteiger partial charge is 0.330 e. The second-order valence-electron chi connectivity index (χ2n) is 3.59. The van der Waals surface area contributed by atoms with Gasteiger partial charge < -0.3 is 9.28 Å². The van der Waals surface area contributed by atoms with Gasteiger partial charge in [0.15, 0.2) is 0 Å². The number of hydrogen-bond acceptors (Lipinski definition) is 1. The first-order valence-electron chi connectivity index (χ1n) is 3.21. The summed E-state index contributed by atoms with van der Waals surface area (Å²) in [6.45, 7) is 2.86. The Bertz CT molecular complexity index is 93.6. The molecular formula is C7H16NO+. The molecular weight excluding hydrogens is 114 g/mol. The summed E-state index contributed by atoms with van der Waals surface area (Å²) in [7, 11) is 6.25. The summed E-state index contributed by atoms with van der Waals surface area (Å²) < 4.78 is 0.861. The number of quaternary nitrogens is 1. The number of carbonyl (C=O) groups excluding carboxylic acids is 1. The molecule has 1 atom stereocenters. The van der Waals surface area contributed by atoms with Crippen LogP contribution < -0.4 is 0 Å². The van der Waals surface area contributed by atoms with E-state index < -0.39 is 0 Å². The number of nitrogens with zero attached hydrogens (tertiary/aromatic N) is 1. The first-order valence-corrected chi connectivity index (χ1v) is 3.21. The maximum Gasteiger partial charge on any atom is 0.128 e. The van der Waals surface area contributed by atoms with Gasteiger partial charge in [-0.2, -0.15) is 0 Å². The van der Waals surface area contributed by atoms with Gasteiger partial charge in [-0.1, -0.05) is 6.92 Å². The number of rotatable bonds is 3. The van der Waals surface area contributed by atoms with E-state index in [9.17, 15) is 4.79 Å². The zero-order chi connectivity index (χ0) is 7.49. The van der Waals surface area contributed by atoms with E-state index in [0.717, 1.165) is 17.3 Å². The predicted octanol–water partition coefficient (Wildman–Crippen LogP) is 0.528. The van der Waals surface area contributed by atoms with Crippen LogP contribution in [-0.2, 0) is 4.79 Å². The molecule has 0 aromatic carbocycles. The van der Waals surface area contributed by atoms with Gasteiger partial charge in [-0.3, -0.25) is 0 Å². The van der Waals surface area contributed by atoms with Gasteiger partial charge in [0.1, 0.15) is 6.29 Å². The summed E-state index contributed by atoms with van der Waals surface area (Å²) in [5.74, 6) is 0.185. The Labute approximate surface area is 57.1 Å². The Morgan fingerprint density at radius 1 is 1.44 bits per heavy atom. The third kappa shape index (κ3) is 5.50. The van der Waals surface area contributed by atoms with Gasteiger partial charge in [0, 0.05) is 0 Å². The van der Waals surface area contributed by atoms with Crippen molar-refractivity contribution in [2.45, 2.75) is 6.92 Å². The highest BCUT2D eigenvalue weighted by molar-refractivity contribution is 5.52. The van der Waals surface area contributed by atoms with Gasteiger partial charge in [-0.05, 0) is 0 Å². The maximum atomic E-state index is 10.2. The van der Waals surface area contributed by atoms with Crippen molar-refractivity contribution in [2.75, 3.05) is 27.7 Å². The SMILES string of the molecule is CC(C=O)C[N+](C)(C)C. The fourth-order valence-corrected chi connectivity index (χ4v) is 0.907. The van der Waals surface area contributed by atoms with E-state index >= 15 is 0 Å². The summed E-state index contributed by atoms with van der Waals surface area (Å²) in [6.07, 6.45) is 1.00. The van der Waals surface area contributed by atoms with E-state index in [0.29, 0.717) is 0 Å². The van der Waals surface area contributed by atoms with Crippen LogP contribution in [-0.4, -0.2) is 38.5 Å². The van der Waals surface area contributed by atoms with Gasteiger partial charge in [-0.15, -0.1) is 0 Å². The van der Waals surface area contributed by atoms with Gasteiger partial charge in [-0.25, -0.2) is 0 Å². The van der Waals surface area contributed by atoms with E-state index in [2.05, 4.69) is 21.1 Å². The Morgan fingerprint density at radius 2 is 1.89 bits per heavy atom. The van der Waals surface area contributed by atoms with Crippen molar-refractivity contribution < 1.29 is 9.28 Å². The molecule has 0 spiro atoms. The van der Waals surface area contributed by atoms with Crippen molar-refractivity contribution in [3.63, 3.8) is 0 Å². The minimum atomic E-state index is 0.185. The lowest BCUT2D eigenvalue weighted by Crippen LogP contribution is -2.38. The van der Waals surface area contributed by atoms with Crippen molar-refractivity contribution in [1.29, 1.82) is 0 Å². The summed E-state index contributed by atoms with van der Waals surface area (Å²) in [5.41, 5.74) is 0. The zero-order valence-electron chi connectivity index (χ0n) is 6.72. The van der Waals surface area contributed by atoms with Gasteiger partial charge in [0.05, 0.1) is 33.6 Å². The Kier molecular flexibility index (Phi) is 2.85. The normalized spacial score (nSPS) is 15.1. The van der Waals surface area contributed by atoms with Crippen LogP contribution in [0.1, 0.15) is 6.92 Å².